The quantitative estimate of drug-likeness (QED) is 0.658. The van der Waals surface area contributed by atoms with Crippen molar-refractivity contribution in [3.63, 3.8) is 0 Å². The Bertz CT molecular complexity index is 977. The van der Waals surface area contributed by atoms with Crippen LogP contribution in [-0.2, 0) is 17.5 Å². The van der Waals surface area contributed by atoms with Crippen molar-refractivity contribution in [3.05, 3.63) is 59.7 Å². The number of carbonyl (C=O) groups is 1. The molecule has 4 rings (SSSR count). The van der Waals surface area contributed by atoms with Gasteiger partial charge in [0.2, 0.25) is 5.91 Å². The third-order valence-corrected chi connectivity index (χ3v) is 6.24. The highest BCUT2D eigenvalue weighted by molar-refractivity contribution is 7.22. The number of hydrogen-bond acceptors (Lipinski definition) is 4. The summed E-state index contributed by atoms with van der Waals surface area (Å²) in [6, 6.07) is 13.1. The van der Waals surface area contributed by atoms with Crippen molar-refractivity contribution in [2.24, 2.45) is 5.92 Å². The van der Waals surface area contributed by atoms with Gasteiger partial charge in [-0.1, -0.05) is 35.6 Å². The first-order chi connectivity index (χ1) is 13.9. The molecule has 0 atom stereocenters. The van der Waals surface area contributed by atoms with E-state index in [1.807, 2.05) is 24.3 Å². The lowest BCUT2D eigenvalue weighted by Gasteiger charge is -2.31. The number of hydrogen-bond donors (Lipinski definition) is 1. The number of anilines is 1. The van der Waals surface area contributed by atoms with Crippen LogP contribution >= 0.6 is 11.3 Å². The molecular formula is C21H20F3N3OS. The zero-order valence-electron chi connectivity index (χ0n) is 15.6. The van der Waals surface area contributed by atoms with E-state index in [1.54, 1.807) is 17.4 Å². The number of halogens is 3. The number of aromatic nitrogens is 1. The monoisotopic (exact) mass is 419 g/mol. The van der Waals surface area contributed by atoms with Crippen LogP contribution in [0.5, 0.6) is 0 Å². The van der Waals surface area contributed by atoms with Crippen molar-refractivity contribution in [2.45, 2.75) is 25.6 Å². The molecule has 1 aliphatic rings. The summed E-state index contributed by atoms with van der Waals surface area (Å²) in [5, 5.41) is 3.75. The summed E-state index contributed by atoms with van der Waals surface area (Å²) >= 11 is 1.65. The summed E-state index contributed by atoms with van der Waals surface area (Å²) in [5.74, 6) is -0.238. The van der Waals surface area contributed by atoms with Crippen molar-refractivity contribution < 1.29 is 18.0 Å². The van der Waals surface area contributed by atoms with Crippen molar-refractivity contribution in [1.82, 2.24) is 10.3 Å². The van der Waals surface area contributed by atoms with Gasteiger partial charge in [0.05, 0.1) is 15.8 Å². The molecular weight excluding hydrogens is 399 g/mol. The minimum absolute atomic E-state index is 0.0981. The van der Waals surface area contributed by atoms with Gasteiger partial charge in [0.25, 0.3) is 0 Å². The Balaban J connectivity index is 1.31. The predicted octanol–water partition coefficient (Wildman–Crippen LogP) is 4.85. The number of fused-ring (bicyclic) bond motifs is 1. The Morgan fingerprint density at radius 3 is 2.62 bits per heavy atom. The van der Waals surface area contributed by atoms with Crippen LogP contribution in [0.3, 0.4) is 0 Å². The zero-order valence-corrected chi connectivity index (χ0v) is 16.4. The van der Waals surface area contributed by atoms with Crippen molar-refractivity contribution in [1.29, 1.82) is 0 Å². The van der Waals surface area contributed by atoms with Gasteiger partial charge in [0.15, 0.2) is 5.13 Å². The van der Waals surface area contributed by atoms with Crippen LogP contribution in [0.1, 0.15) is 24.0 Å². The number of para-hydroxylation sites is 1. The molecule has 2 heterocycles. The number of amides is 1. The summed E-state index contributed by atoms with van der Waals surface area (Å²) in [5.41, 5.74) is 0.724. The molecule has 0 saturated carbocycles. The molecule has 29 heavy (non-hydrogen) atoms. The largest absolute Gasteiger partial charge is 0.416 e. The second-order valence-corrected chi connectivity index (χ2v) is 8.15. The number of nitrogens with one attached hydrogen (secondary N) is 1. The number of nitrogens with zero attached hydrogens (tertiary/aromatic N) is 2. The van der Waals surface area contributed by atoms with Crippen molar-refractivity contribution >= 4 is 32.6 Å². The van der Waals surface area contributed by atoms with E-state index in [9.17, 15) is 18.0 Å². The van der Waals surface area contributed by atoms with Crippen molar-refractivity contribution in [3.8, 4) is 0 Å². The number of thiazole rings is 1. The Kier molecular flexibility index (Phi) is 5.45. The number of rotatable bonds is 4. The van der Waals surface area contributed by atoms with Crippen LogP contribution in [0.15, 0.2) is 48.5 Å². The molecule has 0 spiro atoms. The molecule has 4 nitrogen and oxygen atoms in total. The normalized spacial score (nSPS) is 15.6. The van der Waals surface area contributed by atoms with Crippen LogP contribution in [0.25, 0.3) is 10.2 Å². The van der Waals surface area contributed by atoms with Gasteiger partial charge >= 0.3 is 6.18 Å². The van der Waals surface area contributed by atoms with E-state index < -0.39 is 11.7 Å². The SMILES string of the molecule is O=C(NCc1cccc(C(F)(F)F)c1)C1CCN(c2nc3ccccc3s2)CC1. The number of benzene rings is 2. The van der Waals surface area contributed by atoms with E-state index in [4.69, 9.17) is 0 Å². The fourth-order valence-electron chi connectivity index (χ4n) is 3.52. The summed E-state index contributed by atoms with van der Waals surface area (Å²) in [4.78, 5) is 19.3. The highest BCUT2D eigenvalue weighted by Gasteiger charge is 2.30. The summed E-state index contributed by atoms with van der Waals surface area (Å²) in [6.45, 7) is 1.57. The van der Waals surface area contributed by atoms with Gasteiger partial charge in [-0.05, 0) is 42.7 Å². The smallest absolute Gasteiger partial charge is 0.352 e. The topological polar surface area (TPSA) is 45.2 Å². The molecule has 3 aromatic rings. The lowest BCUT2D eigenvalue weighted by Crippen LogP contribution is -2.40. The van der Waals surface area contributed by atoms with E-state index >= 15 is 0 Å². The van der Waals surface area contributed by atoms with E-state index in [0.717, 1.165) is 40.6 Å². The summed E-state index contributed by atoms with van der Waals surface area (Å²) in [7, 11) is 0. The van der Waals surface area contributed by atoms with Gasteiger partial charge in [-0.2, -0.15) is 13.2 Å². The average molecular weight is 419 g/mol. The highest BCUT2D eigenvalue weighted by atomic mass is 32.1. The van der Waals surface area contributed by atoms with Crippen LogP contribution in [-0.4, -0.2) is 24.0 Å². The first-order valence-electron chi connectivity index (χ1n) is 9.44. The maximum atomic E-state index is 12.8. The van der Waals surface area contributed by atoms with E-state index in [-0.39, 0.29) is 18.4 Å². The fraction of sp³-hybridized carbons (Fsp3) is 0.333. The van der Waals surface area contributed by atoms with Gasteiger partial charge in [0, 0.05) is 25.6 Å². The second kappa shape index (κ2) is 8.02. The number of carbonyl (C=O) groups excluding carboxylic acids is 1. The van der Waals surface area contributed by atoms with Gasteiger partial charge < -0.3 is 10.2 Å². The van der Waals surface area contributed by atoms with E-state index in [0.29, 0.717) is 18.4 Å². The average Bonchev–Trinajstić information content (AvgIpc) is 3.16. The minimum atomic E-state index is -4.38. The molecule has 1 N–H and O–H groups in total. The third-order valence-electron chi connectivity index (χ3n) is 5.14. The van der Waals surface area contributed by atoms with E-state index in [1.165, 1.54) is 6.07 Å². The molecule has 1 amide bonds. The van der Waals surface area contributed by atoms with Crippen LogP contribution in [0.4, 0.5) is 18.3 Å². The third kappa shape index (κ3) is 4.53. The molecule has 1 aromatic heterocycles. The van der Waals surface area contributed by atoms with Crippen LogP contribution in [0.2, 0.25) is 0 Å². The van der Waals surface area contributed by atoms with Crippen LogP contribution in [0, 0.1) is 5.92 Å². The van der Waals surface area contributed by atoms with Crippen molar-refractivity contribution in [2.75, 3.05) is 18.0 Å². The lowest BCUT2D eigenvalue weighted by molar-refractivity contribution is -0.137. The molecule has 1 fully saturated rings. The Morgan fingerprint density at radius 2 is 1.90 bits per heavy atom. The Morgan fingerprint density at radius 1 is 1.14 bits per heavy atom. The van der Waals surface area contributed by atoms with Crippen LogP contribution < -0.4 is 10.2 Å². The second-order valence-electron chi connectivity index (χ2n) is 7.14. The predicted molar refractivity (Wildman–Crippen MR) is 108 cm³/mol. The maximum Gasteiger partial charge on any atom is 0.416 e. The fourth-order valence-corrected chi connectivity index (χ4v) is 4.54. The highest BCUT2D eigenvalue weighted by Crippen LogP contribution is 2.32. The molecule has 0 unspecified atom stereocenters. The molecule has 0 bridgehead atoms. The maximum absolute atomic E-state index is 12.8. The lowest BCUT2D eigenvalue weighted by atomic mass is 9.96. The first-order valence-corrected chi connectivity index (χ1v) is 10.3. The molecule has 1 aliphatic heterocycles. The zero-order chi connectivity index (χ0) is 20.4. The van der Waals surface area contributed by atoms with E-state index in [2.05, 4.69) is 15.2 Å². The van der Waals surface area contributed by atoms with Gasteiger partial charge in [-0.15, -0.1) is 0 Å². The number of alkyl halides is 3. The molecule has 1 saturated heterocycles. The van der Waals surface area contributed by atoms with Gasteiger partial charge in [-0.3, -0.25) is 4.79 Å². The number of piperidine rings is 1. The standard InChI is InChI=1S/C21H20F3N3OS/c22-21(23,24)16-5-3-4-14(12-16)13-25-19(28)15-8-10-27(11-9-15)20-26-17-6-1-2-7-18(17)29-20/h1-7,12,15H,8-11,13H2,(H,25,28). The molecule has 2 aromatic carbocycles. The Hall–Kier alpha value is -2.61. The Labute approximate surface area is 170 Å². The minimum Gasteiger partial charge on any atom is -0.352 e. The summed E-state index contributed by atoms with van der Waals surface area (Å²) < 4.78 is 39.6. The molecule has 152 valence electrons. The summed E-state index contributed by atoms with van der Waals surface area (Å²) in [6.07, 6.45) is -2.98. The molecule has 0 radical (unpaired) electrons. The van der Waals surface area contributed by atoms with Gasteiger partial charge in [0.1, 0.15) is 0 Å². The molecule has 0 aliphatic carbocycles. The molecule has 8 heteroatoms. The van der Waals surface area contributed by atoms with Gasteiger partial charge in [-0.25, -0.2) is 4.98 Å². The first kappa shape index (κ1) is 19.7.